The lowest BCUT2D eigenvalue weighted by Gasteiger charge is -2.07. The smallest absolute Gasteiger partial charge is 0.248 e. The number of carbonyl (C=O) groups excluding carboxylic acids is 1. The molecule has 0 aromatic heterocycles. The molecule has 3 heteroatoms. The molecule has 1 rings (SSSR count). The maximum Gasteiger partial charge on any atom is 0.248 e. The van der Waals surface area contributed by atoms with Gasteiger partial charge in [-0.2, -0.15) is 0 Å². The number of hydrogen-bond donors (Lipinski definition) is 1. The molecule has 0 fully saturated rings. The van der Waals surface area contributed by atoms with E-state index in [0.717, 1.165) is 19.3 Å². The Kier molecular flexibility index (Phi) is 8.79. The van der Waals surface area contributed by atoms with E-state index in [1.807, 2.05) is 6.07 Å². The summed E-state index contributed by atoms with van der Waals surface area (Å²) in [7, 11) is 0. The third-order valence-corrected chi connectivity index (χ3v) is 3.35. The first-order valence-electron chi connectivity index (χ1n) is 7.70. The van der Waals surface area contributed by atoms with Crippen LogP contribution < -0.4 is 10.5 Å². The van der Waals surface area contributed by atoms with Gasteiger partial charge < -0.3 is 10.5 Å². The lowest BCUT2D eigenvalue weighted by Crippen LogP contribution is -2.10. The van der Waals surface area contributed by atoms with E-state index in [-0.39, 0.29) is 0 Å². The third kappa shape index (κ3) is 8.04. The maximum atomic E-state index is 11.1. The second-order valence-electron chi connectivity index (χ2n) is 5.17. The summed E-state index contributed by atoms with van der Waals surface area (Å²) < 4.78 is 5.63. The van der Waals surface area contributed by atoms with Gasteiger partial charge in [0.15, 0.2) is 0 Å². The molecular weight excluding hydrogens is 262 g/mol. The van der Waals surface area contributed by atoms with Crippen molar-refractivity contribution in [2.75, 3.05) is 6.61 Å². The SMILES string of the molecule is C#CCCCCCCCCCOc1cccc(C(N)=O)c1. The minimum absolute atomic E-state index is 0.426. The quantitative estimate of drug-likeness (QED) is 0.495. The molecular formula is C18H25NO2. The van der Waals surface area contributed by atoms with Crippen molar-refractivity contribution in [3.63, 3.8) is 0 Å². The Bertz CT molecular complexity index is 463. The summed E-state index contributed by atoms with van der Waals surface area (Å²) in [6, 6.07) is 7.01. The highest BCUT2D eigenvalue weighted by atomic mass is 16.5. The molecule has 114 valence electrons. The number of primary amides is 1. The van der Waals surface area contributed by atoms with Crippen molar-refractivity contribution in [3.05, 3.63) is 29.8 Å². The molecule has 0 aliphatic carbocycles. The van der Waals surface area contributed by atoms with Gasteiger partial charge in [0.1, 0.15) is 5.75 Å². The number of carbonyl (C=O) groups is 1. The zero-order valence-corrected chi connectivity index (χ0v) is 12.6. The van der Waals surface area contributed by atoms with Gasteiger partial charge in [-0.15, -0.1) is 12.3 Å². The largest absolute Gasteiger partial charge is 0.494 e. The van der Waals surface area contributed by atoms with Crippen LogP contribution in [0.3, 0.4) is 0 Å². The number of benzene rings is 1. The van der Waals surface area contributed by atoms with Crippen LogP contribution >= 0.6 is 0 Å². The summed E-state index contributed by atoms with van der Waals surface area (Å²) in [6.07, 6.45) is 14.5. The van der Waals surface area contributed by atoms with Crippen LogP contribution in [-0.2, 0) is 0 Å². The van der Waals surface area contributed by atoms with E-state index in [2.05, 4.69) is 5.92 Å². The van der Waals surface area contributed by atoms with E-state index in [1.165, 1.54) is 32.1 Å². The van der Waals surface area contributed by atoms with Crippen LogP contribution in [-0.4, -0.2) is 12.5 Å². The molecule has 0 spiro atoms. The second kappa shape index (κ2) is 10.8. The van der Waals surface area contributed by atoms with Crippen LogP contribution in [0.1, 0.15) is 61.7 Å². The summed E-state index contributed by atoms with van der Waals surface area (Å²) in [5.41, 5.74) is 5.72. The van der Waals surface area contributed by atoms with E-state index in [0.29, 0.717) is 17.9 Å². The fourth-order valence-electron chi connectivity index (χ4n) is 2.14. The van der Waals surface area contributed by atoms with Gasteiger partial charge in [-0.05, 0) is 31.0 Å². The number of rotatable bonds is 11. The van der Waals surface area contributed by atoms with Crippen LogP contribution in [0.15, 0.2) is 24.3 Å². The number of unbranched alkanes of at least 4 members (excludes halogenated alkanes) is 7. The standard InChI is InChI=1S/C18H25NO2/c1-2-3-4-5-6-7-8-9-10-14-21-17-13-11-12-16(15-17)18(19)20/h1,11-13,15H,3-10,14H2,(H2,19,20). The molecule has 0 aliphatic rings. The average Bonchev–Trinajstić information content (AvgIpc) is 2.49. The van der Waals surface area contributed by atoms with Crippen LogP contribution in [0.25, 0.3) is 0 Å². The Morgan fingerprint density at radius 1 is 1.10 bits per heavy atom. The highest BCUT2D eigenvalue weighted by molar-refractivity contribution is 5.93. The third-order valence-electron chi connectivity index (χ3n) is 3.35. The van der Waals surface area contributed by atoms with Crippen LogP contribution in [0.2, 0.25) is 0 Å². The molecule has 3 nitrogen and oxygen atoms in total. The molecule has 0 heterocycles. The molecule has 0 saturated heterocycles. The first-order chi connectivity index (χ1) is 10.2. The maximum absolute atomic E-state index is 11.1. The minimum atomic E-state index is -0.426. The van der Waals surface area contributed by atoms with Crippen LogP contribution in [0, 0.1) is 12.3 Å². The zero-order chi connectivity index (χ0) is 15.3. The van der Waals surface area contributed by atoms with Gasteiger partial charge in [0, 0.05) is 12.0 Å². The molecule has 0 aliphatic heterocycles. The van der Waals surface area contributed by atoms with Crippen molar-refractivity contribution >= 4 is 5.91 Å². The van der Waals surface area contributed by atoms with Gasteiger partial charge in [-0.1, -0.05) is 38.2 Å². The van der Waals surface area contributed by atoms with Gasteiger partial charge in [0.25, 0.3) is 0 Å². The normalized spacial score (nSPS) is 10.0. The first-order valence-corrected chi connectivity index (χ1v) is 7.70. The van der Waals surface area contributed by atoms with E-state index in [4.69, 9.17) is 16.9 Å². The Labute approximate surface area is 127 Å². The van der Waals surface area contributed by atoms with Crippen molar-refractivity contribution in [3.8, 4) is 18.1 Å². The second-order valence-corrected chi connectivity index (χ2v) is 5.17. The number of hydrogen-bond acceptors (Lipinski definition) is 2. The highest BCUT2D eigenvalue weighted by Gasteiger charge is 2.01. The van der Waals surface area contributed by atoms with Gasteiger partial charge in [0.05, 0.1) is 6.61 Å². The zero-order valence-electron chi connectivity index (χ0n) is 12.6. The van der Waals surface area contributed by atoms with E-state index in [9.17, 15) is 4.79 Å². The molecule has 0 saturated carbocycles. The summed E-state index contributed by atoms with van der Waals surface area (Å²) in [4.78, 5) is 11.1. The molecule has 2 N–H and O–H groups in total. The van der Waals surface area contributed by atoms with Crippen LogP contribution in [0.4, 0.5) is 0 Å². The van der Waals surface area contributed by atoms with Gasteiger partial charge in [-0.3, -0.25) is 4.79 Å². The Hall–Kier alpha value is -1.95. The molecule has 1 aromatic rings. The Balaban J connectivity index is 2.03. The fraction of sp³-hybridized carbons (Fsp3) is 0.500. The Morgan fingerprint density at radius 2 is 1.76 bits per heavy atom. The predicted molar refractivity (Wildman–Crippen MR) is 86.2 cm³/mol. The summed E-state index contributed by atoms with van der Waals surface area (Å²) in [5, 5.41) is 0. The molecule has 1 amide bonds. The molecule has 0 bridgehead atoms. The number of terminal acetylenes is 1. The molecule has 1 aromatic carbocycles. The summed E-state index contributed by atoms with van der Waals surface area (Å²) >= 11 is 0. The molecule has 0 unspecified atom stereocenters. The number of amides is 1. The summed E-state index contributed by atoms with van der Waals surface area (Å²) in [5.74, 6) is 2.95. The lowest BCUT2D eigenvalue weighted by atomic mass is 10.1. The van der Waals surface area contributed by atoms with Crippen molar-refractivity contribution in [2.24, 2.45) is 5.73 Å². The minimum Gasteiger partial charge on any atom is -0.494 e. The van der Waals surface area contributed by atoms with Gasteiger partial charge in [0.2, 0.25) is 5.91 Å². The monoisotopic (exact) mass is 287 g/mol. The van der Waals surface area contributed by atoms with Crippen LogP contribution in [0.5, 0.6) is 5.75 Å². The molecule has 0 radical (unpaired) electrons. The fourth-order valence-corrected chi connectivity index (χ4v) is 2.14. The Morgan fingerprint density at radius 3 is 2.43 bits per heavy atom. The highest BCUT2D eigenvalue weighted by Crippen LogP contribution is 2.14. The van der Waals surface area contributed by atoms with Crippen molar-refractivity contribution in [1.82, 2.24) is 0 Å². The predicted octanol–water partition coefficient (Wildman–Crippen LogP) is 3.92. The molecule has 0 atom stereocenters. The lowest BCUT2D eigenvalue weighted by molar-refractivity contribution is 0.1000. The van der Waals surface area contributed by atoms with Gasteiger partial charge >= 0.3 is 0 Å². The first kappa shape index (κ1) is 17.1. The summed E-state index contributed by atoms with van der Waals surface area (Å²) in [6.45, 7) is 0.680. The van der Waals surface area contributed by atoms with E-state index in [1.54, 1.807) is 18.2 Å². The number of ether oxygens (including phenoxy) is 1. The van der Waals surface area contributed by atoms with Crippen molar-refractivity contribution in [1.29, 1.82) is 0 Å². The topological polar surface area (TPSA) is 52.3 Å². The molecule has 21 heavy (non-hydrogen) atoms. The van der Waals surface area contributed by atoms with Crippen molar-refractivity contribution < 1.29 is 9.53 Å². The number of nitrogens with two attached hydrogens (primary N) is 1. The van der Waals surface area contributed by atoms with Gasteiger partial charge in [-0.25, -0.2) is 0 Å². The van der Waals surface area contributed by atoms with E-state index >= 15 is 0 Å². The van der Waals surface area contributed by atoms with E-state index < -0.39 is 5.91 Å². The van der Waals surface area contributed by atoms with Crippen molar-refractivity contribution in [2.45, 2.75) is 51.4 Å². The average molecular weight is 287 g/mol.